The number of ether oxygens (including phenoxy) is 1. The molecule has 0 N–H and O–H groups in total. The van der Waals surface area contributed by atoms with Crippen LogP contribution in [0.3, 0.4) is 0 Å². The zero-order valence-corrected chi connectivity index (χ0v) is 19.9. The molecule has 0 bridgehead atoms. The molecule has 166 valence electrons. The molecule has 2 aromatic carbocycles. The fraction of sp³-hybridized carbons (Fsp3) is 0.333. The van der Waals surface area contributed by atoms with Gasteiger partial charge in [0.15, 0.2) is 5.13 Å². The lowest BCUT2D eigenvalue weighted by molar-refractivity contribution is -0.114. The smallest absolute Gasteiger partial charge is 0.252 e. The van der Waals surface area contributed by atoms with Crippen LogP contribution in [0.2, 0.25) is 0 Å². The van der Waals surface area contributed by atoms with Gasteiger partial charge in [-0.2, -0.15) is 0 Å². The van der Waals surface area contributed by atoms with Crippen LogP contribution in [-0.2, 0) is 4.79 Å². The standard InChI is InChI=1S/C24H29N3O2S.ClH/c1-4-26(5-2)17-18-27(22(28)16-15-19-11-8-7-9-12-19)24-25-23-20(29-6-3)13-10-14-21(23)30-24;/h7-16H,4-6,17-18H2,1-3H3;1H. The fourth-order valence-corrected chi connectivity index (χ4v) is 4.22. The maximum Gasteiger partial charge on any atom is 0.252 e. The summed E-state index contributed by atoms with van der Waals surface area (Å²) in [5.74, 6) is 0.691. The molecular weight excluding hydrogens is 430 g/mol. The summed E-state index contributed by atoms with van der Waals surface area (Å²) in [5, 5.41) is 0.701. The summed E-state index contributed by atoms with van der Waals surface area (Å²) in [5.41, 5.74) is 1.81. The second-order valence-electron chi connectivity index (χ2n) is 6.79. The number of fused-ring (bicyclic) bond motifs is 1. The third-order valence-electron chi connectivity index (χ3n) is 4.92. The van der Waals surface area contributed by atoms with E-state index in [2.05, 4.69) is 18.7 Å². The number of carbonyl (C=O) groups is 1. The molecule has 0 fully saturated rings. The number of para-hydroxylation sites is 1. The zero-order chi connectivity index (χ0) is 21.3. The van der Waals surface area contributed by atoms with Crippen LogP contribution in [0.15, 0.2) is 54.6 Å². The van der Waals surface area contributed by atoms with Crippen molar-refractivity contribution in [1.29, 1.82) is 0 Å². The van der Waals surface area contributed by atoms with Crippen molar-refractivity contribution >= 4 is 51.1 Å². The lowest BCUT2D eigenvalue weighted by atomic mass is 10.2. The van der Waals surface area contributed by atoms with Gasteiger partial charge in [-0.15, -0.1) is 12.4 Å². The van der Waals surface area contributed by atoms with Gasteiger partial charge in [0.05, 0.1) is 11.3 Å². The average Bonchev–Trinajstić information content (AvgIpc) is 3.21. The summed E-state index contributed by atoms with van der Waals surface area (Å²) in [7, 11) is 0. The third kappa shape index (κ3) is 6.53. The van der Waals surface area contributed by atoms with Crippen molar-refractivity contribution in [3.05, 3.63) is 60.2 Å². The molecule has 0 aliphatic heterocycles. The molecular formula is C24H30ClN3O2S. The zero-order valence-electron chi connectivity index (χ0n) is 18.3. The fourth-order valence-electron chi connectivity index (χ4n) is 3.20. The van der Waals surface area contributed by atoms with E-state index in [0.717, 1.165) is 41.2 Å². The molecule has 1 heterocycles. The number of carbonyl (C=O) groups excluding carboxylic acids is 1. The highest BCUT2D eigenvalue weighted by atomic mass is 35.5. The molecule has 0 spiro atoms. The molecule has 0 aliphatic carbocycles. The normalized spacial score (nSPS) is 11.1. The first-order valence-electron chi connectivity index (χ1n) is 10.5. The van der Waals surface area contributed by atoms with Gasteiger partial charge < -0.3 is 9.64 Å². The second-order valence-corrected chi connectivity index (χ2v) is 7.80. The molecule has 3 rings (SSSR count). The van der Waals surface area contributed by atoms with Crippen LogP contribution in [0, 0.1) is 0 Å². The average molecular weight is 460 g/mol. The van der Waals surface area contributed by atoms with Crippen molar-refractivity contribution in [2.24, 2.45) is 0 Å². The molecule has 0 saturated carbocycles. The van der Waals surface area contributed by atoms with Crippen molar-refractivity contribution in [2.45, 2.75) is 20.8 Å². The number of halogens is 1. The summed E-state index contributed by atoms with van der Waals surface area (Å²) in [6.45, 7) is 10.1. The van der Waals surface area contributed by atoms with E-state index in [9.17, 15) is 4.79 Å². The lowest BCUT2D eigenvalue weighted by Gasteiger charge is -2.23. The van der Waals surface area contributed by atoms with Gasteiger partial charge in [0.1, 0.15) is 11.3 Å². The van der Waals surface area contributed by atoms with Gasteiger partial charge in [0.2, 0.25) is 0 Å². The summed E-state index contributed by atoms with van der Waals surface area (Å²) in [6.07, 6.45) is 3.48. The van der Waals surface area contributed by atoms with E-state index in [-0.39, 0.29) is 18.3 Å². The van der Waals surface area contributed by atoms with Gasteiger partial charge in [-0.3, -0.25) is 9.69 Å². The Bertz CT molecular complexity index is 987. The van der Waals surface area contributed by atoms with Crippen LogP contribution >= 0.6 is 23.7 Å². The SMILES string of the molecule is CCOc1cccc2sc(N(CCN(CC)CC)C(=O)C=Cc3ccccc3)nc12.Cl. The summed E-state index contributed by atoms with van der Waals surface area (Å²) in [4.78, 5) is 22.0. The largest absolute Gasteiger partial charge is 0.492 e. The van der Waals surface area contributed by atoms with E-state index in [1.165, 1.54) is 11.3 Å². The van der Waals surface area contributed by atoms with Crippen LogP contribution in [-0.4, -0.2) is 48.6 Å². The molecule has 7 heteroatoms. The van der Waals surface area contributed by atoms with Gasteiger partial charge in [-0.05, 0) is 43.8 Å². The minimum atomic E-state index is -0.0666. The van der Waals surface area contributed by atoms with E-state index in [1.807, 2.05) is 61.5 Å². The number of rotatable bonds is 10. The van der Waals surface area contributed by atoms with Gasteiger partial charge in [-0.25, -0.2) is 4.98 Å². The van der Waals surface area contributed by atoms with Crippen molar-refractivity contribution < 1.29 is 9.53 Å². The number of hydrogen-bond donors (Lipinski definition) is 0. The van der Waals surface area contributed by atoms with Crippen molar-refractivity contribution in [3.8, 4) is 5.75 Å². The Labute approximate surface area is 194 Å². The first-order valence-corrected chi connectivity index (χ1v) is 11.3. The number of hydrogen-bond acceptors (Lipinski definition) is 5. The Kier molecular flexibility index (Phi) is 9.98. The van der Waals surface area contributed by atoms with E-state index >= 15 is 0 Å². The summed E-state index contributed by atoms with van der Waals surface area (Å²) >= 11 is 1.52. The predicted octanol–water partition coefficient (Wildman–Crippen LogP) is 5.51. The highest BCUT2D eigenvalue weighted by molar-refractivity contribution is 7.22. The van der Waals surface area contributed by atoms with Crippen molar-refractivity contribution in [1.82, 2.24) is 9.88 Å². The molecule has 5 nitrogen and oxygen atoms in total. The van der Waals surface area contributed by atoms with Crippen LogP contribution in [0.25, 0.3) is 16.3 Å². The van der Waals surface area contributed by atoms with Crippen LogP contribution in [0.5, 0.6) is 5.75 Å². The van der Waals surface area contributed by atoms with Crippen LogP contribution in [0.1, 0.15) is 26.3 Å². The van der Waals surface area contributed by atoms with E-state index < -0.39 is 0 Å². The number of benzene rings is 2. The number of thiazole rings is 1. The van der Waals surface area contributed by atoms with Gasteiger partial charge >= 0.3 is 0 Å². The van der Waals surface area contributed by atoms with E-state index in [1.54, 1.807) is 11.0 Å². The number of amides is 1. The molecule has 0 saturated heterocycles. The molecule has 3 aromatic rings. The van der Waals surface area contributed by atoms with E-state index in [0.29, 0.717) is 18.3 Å². The number of anilines is 1. The summed E-state index contributed by atoms with van der Waals surface area (Å²) < 4.78 is 6.75. The highest BCUT2D eigenvalue weighted by Gasteiger charge is 2.20. The topological polar surface area (TPSA) is 45.7 Å². The van der Waals surface area contributed by atoms with Crippen LogP contribution in [0.4, 0.5) is 5.13 Å². The highest BCUT2D eigenvalue weighted by Crippen LogP contribution is 2.34. The molecule has 1 aromatic heterocycles. The number of aromatic nitrogens is 1. The maximum atomic E-state index is 13.1. The van der Waals surface area contributed by atoms with E-state index in [4.69, 9.17) is 9.72 Å². The number of likely N-dealkylation sites (N-methyl/N-ethyl adjacent to an activating group) is 1. The quantitative estimate of drug-likeness (QED) is 0.375. The molecule has 31 heavy (non-hydrogen) atoms. The van der Waals surface area contributed by atoms with Gasteiger partial charge in [0, 0.05) is 19.2 Å². The van der Waals surface area contributed by atoms with Crippen molar-refractivity contribution in [2.75, 3.05) is 37.7 Å². The molecule has 0 unspecified atom stereocenters. The maximum absolute atomic E-state index is 13.1. The third-order valence-corrected chi connectivity index (χ3v) is 5.96. The minimum Gasteiger partial charge on any atom is -0.492 e. The Morgan fingerprint density at radius 2 is 1.77 bits per heavy atom. The first-order chi connectivity index (χ1) is 14.7. The Balaban J connectivity index is 0.00000341. The monoisotopic (exact) mass is 459 g/mol. The van der Waals surface area contributed by atoms with Crippen molar-refractivity contribution in [3.63, 3.8) is 0 Å². The van der Waals surface area contributed by atoms with Gasteiger partial charge in [-0.1, -0.05) is 61.6 Å². The lowest BCUT2D eigenvalue weighted by Crippen LogP contribution is -2.38. The minimum absolute atomic E-state index is 0. The molecule has 0 atom stereocenters. The number of nitrogens with zero attached hydrogens (tertiary/aromatic N) is 3. The first kappa shape index (κ1) is 24.9. The second kappa shape index (κ2) is 12.4. The molecule has 1 amide bonds. The molecule has 0 radical (unpaired) electrons. The van der Waals surface area contributed by atoms with Crippen LogP contribution < -0.4 is 9.64 Å². The predicted molar refractivity (Wildman–Crippen MR) is 134 cm³/mol. The Morgan fingerprint density at radius 1 is 1.03 bits per heavy atom. The van der Waals surface area contributed by atoms with Gasteiger partial charge in [0.25, 0.3) is 5.91 Å². The summed E-state index contributed by atoms with van der Waals surface area (Å²) in [6, 6.07) is 15.8. The molecule has 0 aliphatic rings. The Hall–Kier alpha value is -2.41. The Morgan fingerprint density at radius 3 is 2.45 bits per heavy atom.